The van der Waals surface area contributed by atoms with E-state index in [9.17, 15) is 4.79 Å². The Morgan fingerprint density at radius 1 is 1.08 bits per heavy atom. The lowest BCUT2D eigenvalue weighted by molar-refractivity contribution is 0.0766. The van der Waals surface area contributed by atoms with Crippen LogP contribution in [0, 0.1) is 0 Å². The number of hydrogen-bond donors (Lipinski definition) is 0. The summed E-state index contributed by atoms with van der Waals surface area (Å²) in [7, 11) is 0. The van der Waals surface area contributed by atoms with Gasteiger partial charge in [-0.25, -0.2) is 0 Å². The number of hydrogen-bond acceptors (Lipinski definition) is 3. The molecule has 3 aromatic rings. The molecule has 4 nitrogen and oxygen atoms in total. The van der Waals surface area contributed by atoms with Crippen LogP contribution in [-0.2, 0) is 13.1 Å². The summed E-state index contributed by atoms with van der Waals surface area (Å²) in [5.74, 6) is 1.45. The Hall–Kier alpha value is -2.85. The number of amides is 1. The van der Waals surface area contributed by atoms with Gasteiger partial charge in [-0.05, 0) is 59.7 Å². The van der Waals surface area contributed by atoms with E-state index in [4.69, 9.17) is 16.3 Å². The van der Waals surface area contributed by atoms with E-state index in [0.717, 1.165) is 16.7 Å². The SMILES string of the molecule is O=C1c2ccc(Oc3ccc(Cl)cc3)cc2CN1Cc1cccnc1. The van der Waals surface area contributed by atoms with Gasteiger partial charge in [-0.15, -0.1) is 0 Å². The highest BCUT2D eigenvalue weighted by atomic mass is 35.5. The van der Waals surface area contributed by atoms with E-state index in [1.807, 2.05) is 47.4 Å². The molecule has 2 aromatic carbocycles. The number of pyridine rings is 1. The first-order valence-electron chi connectivity index (χ1n) is 7.93. The van der Waals surface area contributed by atoms with Crippen LogP contribution in [0.4, 0.5) is 0 Å². The van der Waals surface area contributed by atoms with Crippen LogP contribution in [-0.4, -0.2) is 15.8 Å². The van der Waals surface area contributed by atoms with Gasteiger partial charge >= 0.3 is 0 Å². The largest absolute Gasteiger partial charge is 0.457 e. The van der Waals surface area contributed by atoms with Crippen molar-refractivity contribution in [3.05, 3.63) is 88.7 Å². The fraction of sp³-hybridized carbons (Fsp3) is 0.100. The van der Waals surface area contributed by atoms with Crippen molar-refractivity contribution in [3.63, 3.8) is 0 Å². The van der Waals surface area contributed by atoms with Gasteiger partial charge in [0.05, 0.1) is 0 Å². The summed E-state index contributed by atoms with van der Waals surface area (Å²) in [6.45, 7) is 1.12. The number of rotatable bonds is 4. The normalized spacial score (nSPS) is 13.0. The zero-order valence-electron chi connectivity index (χ0n) is 13.4. The monoisotopic (exact) mass is 350 g/mol. The van der Waals surface area contributed by atoms with Gasteiger partial charge in [0.2, 0.25) is 0 Å². The maximum Gasteiger partial charge on any atom is 0.254 e. The van der Waals surface area contributed by atoms with Crippen LogP contribution < -0.4 is 4.74 Å². The zero-order chi connectivity index (χ0) is 17.2. The second-order valence-corrected chi connectivity index (χ2v) is 6.33. The Balaban J connectivity index is 1.52. The third kappa shape index (κ3) is 3.35. The summed E-state index contributed by atoms with van der Waals surface area (Å²) in [4.78, 5) is 18.5. The first kappa shape index (κ1) is 15.7. The van der Waals surface area contributed by atoms with Gasteiger partial charge in [0.25, 0.3) is 5.91 Å². The van der Waals surface area contributed by atoms with Crippen molar-refractivity contribution >= 4 is 17.5 Å². The van der Waals surface area contributed by atoms with Crippen LogP contribution in [0.3, 0.4) is 0 Å². The molecule has 25 heavy (non-hydrogen) atoms. The van der Waals surface area contributed by atoms with Gasteiger partial charge in [-0.2, -0.15) is 0 Å². The van der Waals surface area contributed by atoms with Crippen LogP contribution in [0.2, 0.25) is 5.02 Å². The van der Waals surface area contributed by atoms with E-state index in [1.54, 1.807) is 24.5 Å². The molecular weight excluding hydrogens is 336 g/mol. The highest BCUT2D eigenvalue weighted by Crippen LogP contribution is 2.30. The average molecular weight is 351 g/mol. The Labute approximate surface area is 150 Å². The Bertz CT molecular complexity index is 911. The average Bonchev–Trinajstić information content (AvgIpc) is 2.93. The molecule has 1 aliphatic rings. The van der Waals surface area contributed by atoms with Crippen LogP contribution in [0.5, 0.6) is 11.5 Å². The van der Waals surface area contributed by atoms with Crippen molar-refractivity contribution in [2.45, 2.75) is 13.1 Å². The van der Waals surface area contributed by atoms with Gasteiger partial charge in [0, 0.05) is 36.1 Å². The lowest BCUT2D eigenvalue weighted by Gasteiger charge is -2.15. The molecule has 1 amide bonds. The Morgan fingerprint density at radius 2 is 1.88 bits per heavy atom. The van der Waals surface area contributed by atoms with Crippen LogP contribution in [0.15, 0.2) is 67.0 Å². The van der Waals surface area contributed by atoms with Crippen molar-refractivity contribution in [1.82, 2.24) is 9.88 Å². The first-order valence-corrected chi connectivity index (χ1v) is 8.31. The summed E-state index contributed by atoms with van der Waals surface area (Å²) in [6, 6.07) is 16.6. The highest BCUT2D eigenvalue weighted by Gasteiger charge is 2.27. The second kappa shape index (κ2) is 6.57. The fourth-order valence-corrected chi connectivity index (χ4v) is 3.03. The van der Waals surface area contributed by atoms with Crippen LogP contribution in [0.25, 0.3) is 0 Å². The van der Waals surface area contributed by atoms with Gasteiger partial charge in [-0.3, -0.25) is 9.78 Å². The molecule has 0 aliphatic carbocycles. The number of benzene rings is 2. The van der Waals surface area contributed by atoms with Crippen molar-refractivity contribution < 1.29 is 9.53 Å². The molecule has 0 fully saturated rings. The number of nitrogens with zero attached hydrogens (tertiary/aromatic N) is 2. The van der Waals surface area contributed by atoms with Gasteiger partial charge in [0.15, 0.2) is 0 Å². The summed E-state index contributed by atoms with van der Waals surface area (Å²) in [5, 5.41) is 0.665. The summed E-state index contributed by atoms with van der Waals surface area (Å²) < 4.78 is 5.85. The highest BCUT2D eigenvalue weighted by molar-refractivity contribution is 6.30. The molecule has 0 spiro atoms. The number of fused-ring (bicyclic) bond motifs is 1. The molecule has 0 saturated heterocycles. The number of ether oxygens (including phenoxy) is 1. The van der Waals surface area contributed by atoms with Crippen molar-refractivity contribution in [2.75, 3.05) is 0 Å². The quantitative estimate of drug-likeness (QED) is 0.686. The molecular formula is C20H15ClN2O2. The molecule has 0 radical (unpaired) electrons. The number of aromatic nitrogens is 1. The number of carbonyl (C=O) groups is 1. The topological polar surface area (TPSA) is 42.4 Å². The maximum atomic E-state index is 12.6. The molecule has 0 bridgehead atoms. The molecule has 124 valence electrons. The number of halogens is 1. The van der Waals surface area contributed by atoms with Gasteiger partial charge in [-0.1, -0.05) is 17.7 Å². The van der Waals surface area contributed by atoms with E-state index in [0.29, 0.717) is 29.6 Å². The Kier molecular flexibility index (Phi) is 4.12. The van der Waals surface area contributed by atoms with E-state index in [2.05, 4.69) is 4.98 Å². The molecule has 0 saturated carbocycles. The minimum atomic E-state index is 0.0388. The third-order valence-electron chi connectivity index (χ3n) is 4.10. The molecule has 0 N–H and O–H groups in total. The van der Waals surface area contributed by atoms with Crippen molar-refractivity contribution in [3.8, 4) is 11.5 Å². The first-order chi connectivity index (χ1) is 12.2. The summed E-state index contributed by atoms with van der Waals surface area (Å²) in [5.41, 5.74) is 2.72. The summed E-state index contributed by atoms with van der Waals surface area (Å²) >= 11 is 5.89. The molecule has 2 heterocycles. The summed E-state index contributed by atoms with van der Waals surface area (Å²) in [6.07, 6.45) is 3.51. The molecule has 5 heteroatoms. The molecule has 1 aliphatic heterocycles. The maximum absolute atomic E-state index is 12.6. The fourth-order valence-electron chi connectivity index (χ4n) is 2.90. The minimum absolute atomic E-state index is 0.0388. The zero-order valence-corrected chi connectivity index (χ0v) is 14.1. The number of carbonyl (C=O) groups excluding carboxylic acids is 1. The van der Waals surface area contributed by atoms with E-state index >= 15 is 0 Å². The van der Waals surface area contributed by atoms with E-state index in [-0.39, 0.29) is 5.91 Å². The predicted molar refractivity (Wildman–Crippen MR) is 95.8 cm³/mol. The minimum Gasteiger partial charge on any atom is -0.457 e. The molecule has 0 unspecified atom stereocenters. The third-order valence-corrected chi connectivity index (χ3v) is 4.35. The van der Waals surface area contributed by atoms with Crippen LogP contribution >= 0.6 is 11.6 Å². The van der Waals surface area contributed by atoms with Crippen molar-refractivity contribution in [1.29, 1.82) is 0 Å². The smallest absolute Gasteiger partial charge is 0.254 e. The predicted octanol–water partition coefficient (Wildman–Crippen LogP) is 4.68. The second-order valence-electron chi connectivity index (χ2n) is 5.90. The lowest BCUT2D eigenvalue weighted by Crippen LogP contribution is -2.23. The lowest BCUT2D eigenvalue weighted by atomic mass is 10.1. The Morgan fingerprint density at radius 3 is 2.64 bits per heavy atom. The van der Waals surface area contributed by atoms with Crippen molar-refractivity contribution in [2.24, 2.45) is 0 Å². The molecule has 0 atom stereocenters. The van der Waals surface area contributed by atoms with Gasteiger partial charge in [0.1, 0.15) is 11.5 Å². The van der Waals surface area contributed by atoms with Crippen LogP contribution in [0.1, 0.15) is 21.5 Å². The molecule has 1 aromatic heterocycles. The molecule has 4 rings (SSSR count). The van der Waals surface area contributed by atoms with E-state index in [1.165, 1.54) is 0 Å². The standard InChI is InChI=1S/C20H15ClN2O2/c21-16-3-5-17(6-4-16)25-18-7-8-19-15(10-18)13-23(20(19)24)12-14-2-1-9-22-11-14/h1-11H,12-13H2. The van der Waals surface area contributed by atoms with Gasteiger partial charge < -0.3 is 9.64 Å². The van der Waals surface area contributed by atoms with E-state index < -0.39 is 0 Å².